The van der Waals surface area contributed by atoms with Gasteiger partial charge in [0.2, 0.25) is 11.8 Å². The van der Waals surface area contributed by atoms with Gasteiger partial charge in [0.1, 0.15) is 0 Å². The average Bonchev–Trinajstić information content (AvgIpc) is 3.28. The van der Waals surface area contributed by atoms with Crippen LogP contribution < -0.4 is 9.64 Å². The van der Waals surface area contributed by atoms with E-state index in [1.165, 1.54) is 24.1 Å². The number of carbonyl (C=O) groups excluding carboxylic acids is 4. The minimum atomic E-state index is -1.99. The van der Waals surface area contributed by atoms with Crippen LogP contribution in [0.25, 0.3) is 0 Å². The molecule has 0 aromatic heterocycles. The molecule has 6 rings (SSSR count). The number of anilines is 1. The fraction of sp³-hybridized carbons (Fsp3) is 0.357. The summed E-state index contributed by atoms with van der Waals surface area (Å²) in [6, 6.07) is 9.79. The number of rotatable bonds is 4. The Balaban J connectivity index is 1.54. The number of imide groups is 2. The third-order valence-corrected chi connectivity index (χ3v) is 11.4. The predicted molar refractivity (Wildman–Crippen MR) is 160 cm³/mol. The van der Waals surface area contributed by atoms with Crippen molar-refractivity contribution in [2.45, 2.75) is 28.5 Å². The van der Waals surface area contributed by atoms with Crippen molar-refractivity contribution in [3.63, 3.8) is 0 Å². The molecule has 2 aromatic rings. The van der Waals surface area contributed by atoms with Crippen molar-refractivity contribution in [1.82, 2.24) is 4.90 Å². The first kappa shape index (κ1) is 29.0. The molecular formula is C28H21Br2Cl3N2O6. The van der Waals surface area contributed by atoms with Crippen LogP contribution in [0.15, 0.2) is 52.5 Å². The fourth-order valence-corrected chi connectivity index (χ4v) is 8.80. The first-order chi connectivity index (χ1) is 19.4. The van der Waals surface area contributed by atoms with Gasteiger partial charge in [0.25, 0.3) is 11.8 Å². The zero-order valence-corrected chi connectivity index (χ0v) is 26.7. The van der Waals surface area contributed by atoms with E-state index in [2.05, 4.69) is 31.9 Å². The molecule has 2 aliphatic carbocycles. The summed E-state index contributed by atoms with van der Waals surface area (Å²) >= 11 is 27.4. The first-order valence-electron chi connectivity index (χ1n) is 12.6. The fourth-order valence-electron chi connectivity index (χ4n) is 6.89. The number of phenols is 1. The van der Waals surface area contributed by atoms with Crippen LogP contribution in [-0.2, 0) is 19.2 Å². The molecule has 2 aliphatic heterocycles. The number of nitrogens with zero attached hydrogens (tertiary/aromatic N) is 2. The number of allylic oxidation sites excluding steroid dienone is 2. The van der Waals surface area contributed by atoms with Crippen molar-refractivity contribution in [2.24, 2.45) is 17.8 Å². The lowest BCUT2D eigenvalue weighted by Crippen LogP contribution is -2.60. The Morgan fingerprint density at radius 1 is 1.05 bits per heavy atom. The molecule has 4 amide bonds. The summed E-state index contributed by atoms with van der Waals surface area (Å²) in [5.41, 5.74) is 1.28. The molecule has 3 fully saturated rings. The molecule has 0 bridgehead atoms. The van der Waals surface area contributed by atoms with Gasteiger partial charge in [-0.2, -0.15) is 0 Å². The molecule has 0 spiro atoms. The van der Waals surface area contributed by atoms with Gasteiger partial charge >= 0.3 is 0 Å². The number of likely N-dealkylation sites (tertiary alicyclic amines) is 1. The molecule has 214 valence electrons. The number of alkyl halides is 3. The molecular weight excluding hydrogens is 726 g/mol. The van der Waals surface area contributed by atoms with E-state index in [4.69, 9.17) is 39.5 Å². The topological polar surface area (TPSA) is 104 Å². The standard InChI is InChI=1S/C28H21Br2Cl3N2O6/c1-41-19-9-12(8-18(31)22(19)36)21-15-6-7-16-20(24(38)35(23(16)37)14-4-2-13(30)3-5-14)17(15)10-27(32)25(39)34(11-29)26(40)28(21,27)33/h2-6,8-9,16-17,20-21,36H,7,10-11H2,1H3/t16-,17+,20-,21-,27+,28-/m0/s1. The number of hydrogen-bond donors (Lipinski definition) is 1. The summed E-state index contributed by atoms with van der Waals surface area (Å²) in [5.74, 6) is -5.64. The molecule has 2 saturated heterocycles. The monoisotopic (exact) mass is 744 g/mol. The van der Waals surface area contributed by atoms with Crippen LogP contribution >= 0.6 is 66.7 Å². The second-order valence-corrected chi connectivity index (χ2v) is 13.6. The molecule has 1 N–H and O–H groups in total. The number of ether oxygens (including phenoxy) is 1. The zero-order chi connectivity index (χ0) is 29.6. The average molecular weight is 748 g/mol. The lowest BCUT2D eigenvalue weighted by atomic mass is 9.56. The van der Waals surface area contributed by atoms with E-state index in [1.54, 1.807) is 24.3 Å². The van der Waals surface area contributed by atoms with E-state index in [1.807, 2.05) is 6.08 Å². The number of aromatic hydroxyl groups is 1. The number of halogens is 5. The normalized spacial score (nSPS) is 32.6. The van der Waals surface area contributed by atoms with Gasteiger partial charge in [-0.15, -0.1) is 23.2 Å². The Morgan fingerprint density at radius 3 is 2.37 bits per heavy atom. The van der Waals surface area contributed by atoms with Crippen LogP contribution in [0.3, 0.4) is 0 Å². The molecule has 4 aliphatic rings. The number of fused-ring (bicyclic) bond motifs is 4. The quantitative estimate of drug-likeness (QED) is 0.186. The van der Waals surface area contributed by atoms with Crippen LogP contribution in [0.2, 0.25) is 5.02 Å². The van der Waals surface area contributed by atoms with Gasteiger partial charge in [-0.1, -0.05) is 55.1 Å². The largest absolute Gasteiger partial charge is 0.503 e. The Hall–Kier alpha value is -2.11. The smallest absolute Gasteiger partial charge is 0.254 e. The van der Waals surface area contributed by atoms with Crippen molar-refractivity contribution in [2.75, 3.05) is 17.5 Å². The zero-order valence-electron chi connectivity index (χ0n) is 21.2. The maximum atomic E-state index is 14.0. The maximum absolute atomic E-state index is 14.0. The van der Waals surface area contributed by atoms with E-state index >= 15 is 0 Å². The summed E-state index contributed by atoms with van der Waals surface area (Å²) in [7, 11) is 1.35. The van der Waals surface area contributed by atoms with Crippen LogP contribution in [-0.4, -0.2) is 55.9 Å². The van der Waals surface area contributed by atoms with Gasteiger partial charge < -0.3 is 9.84 Å². The molecule has 2 aromatic carbocycles. The van der Waals surface area contributed by atoms with Crippen molar-refractivity contribution in [3.05, 3.63) is 63.1 Å². The van der Waals surface area contributed by atoms with Crippen LogP contribution in [0, 0.1) is 17.8 Å². The molecule has 13 heteroatoms. The Bertz CT molecular complexity index is 1570. The highest BCUT2D eigenvalue weighted by Crippen LogP contribution is 2.66. The van der Waals surface area contributed by atoms with Gasteiger partial charge in [0.05, 0.1) is 35.1 Å². The highest BCUT2D eigenvalue weighted by molar-refractivity contribution is 9.10. The van der Waals surface area contributed by atoms with Gasteiger partial charge in [0, 0.05) is 10.4 Å². The molecule has 2 heterocycles. The Morgan fingerprint density at radius 2 is 1.73 bits per heavy atom. The minimum Gasteiger partial charge on any atom is -0.503 e. The van der Waals surface area contributed by atoms with Crippen LogP contribution in [0.4, 0.5) is 5.69 Å². The molecule has 0 radical (unpaired) electrons. The van der Waals surface area contributed by atoms with E-state index in [0.717, 1.165) is 9.37 Å². The highest BCUT2D eigenvalue weighted by atomic mass is 79.9. The van der Waals surface area contributed by atoms with Crippen molar-refractivity contribution in [3.8, 4) is 11.5 Å². The van der Waals surface area contributed by atoms with E-state index < -0.39 is 51.1 Å². The van der Waals surface area contributed by atoms with Crippen molar-refractivity contribution < 1.29 is 29.0 Å². The number of amides is 4. The number of phenolic OH excluding ortho intramolecular Hbond substituents is 1. The van der Waals surface area contributed by atoms with E-state index in [-0.39, 0.29) is 40.7 Å². The summed E-state index contributed by atoms with van der Waals surface area (Å²) in [6.07, 6.45) is 1.92. The van der Waals surface area contributed by atoms with E-state index in [0.29, 0.717) is 16.8 Å². The first-order valence-corrected chi connectivity index (χ1v) is 15.7. The molecule has 41 heavy (non-hydrogen) atoms. The third kappa shape index (κ3) is 3.83. The number of methoxy groups -OCH3 is 1. The van der Waals surface area contributed by atoms with Crippen molar-refractivity contribution >= 4 is 96.0 Å². The third-order valence-electron chi connectivity index (χ3n) is 8.70. The molecule has 6 atom stereocenters. The van der Waals surface area contributed by atoms with Gasteiger partial charge in [0.15, 0.2) is 21.2 Å². The molecule has 8 nitrogen and oxygen atoms in total. The van der Waals surface area contributed by atoms with Crippen LogP contribution in [0.5, 0.6) is 11.5 Å². The van der Waals surface area contributed by atoms with Gasteiger partial charge in [-0.25, -0.2) is 0 Å². The summed E-state index contributed by atoms with van der Waals surface area (Å²) in [4.78, 5) is 53.5. The lowest BCUT2D eigenvalue weighted by molar-refractivity contribution is -0.138. The van der Waals surface area contributed by atoms with Gasteiger partial charge in [-0.05, 0) is 60.7 Å². The second kappa shape index (κ2) is 9.98. The Kier molecular flexibility index (Phi) is 7.05. The van der Waals surface area contributed by atoms with Crippen molar-refractivity contribution in [1.29, 1.82) is 0 Å². The Labute approximate surface area is 266 Å². The number of carbonyl (C=O) groups is 4. The summed E-state index contributed by atoms with van der Waals surface area (Å²) in [5, 5.41) is 10.4. The highest BCUT2D eigenvalue weighted by Gasteiger charge is 2.76. The SMILES string of the molecule is COc1cc([C@H]2C3=CC[C@@H]4C(=O)N(c5ccc(Br)cc5)C(=O)[C@@H]4[C@@H]3C[C@@]3(Cl)C(=O)N(CBr)C(=O)[C@@]23Cl)cc(Cl)c1O. The number of hydrogen-bond acceptors (Lipinski definition) is 6. The van der Waals surface area contributed by atoms with Crippen LogP contribution in [0.1, 0.15) is 24.3 Å². The number of benzene rings is 2. The second-order valence-electron chi connectivity index (χ2n) is 10.5. The predicted octanol–water partition coefficient (Wildman–Crippen LogP) is 5.73. The maximum Gasteiger partial charge on any atom is 0.254 e. The summed E-state index contributed by atoms with van der Waals surface area (Å²) < 4.78 is 6.11. The lowest BCUT2D eigenvalue weighted by Gasteiger charge is -2.50. The minimum absolute atomic E-state index is 0.0343. The molecule has 0 unspecified atom stereocenters. The van der Waals surface area contributed by atoms with E-state index in [9.17, 15) is 24.3 Å². The molecule has 1 saturated carbocycles. The summed E-state index contributed by atoms with van der Waals surface area (Å²) in [6.45, 7) is 0. The van der Waals surface area contributed by atoms with Gasteiger partial charge in [-0.3, -0.25) is 29.0 Å².